The number of carbonyl (C=O) groups excluding carboxylic acids is 3. The first-order valence-electron chi connectivity index (χ1n) is 12.5. The first-order valence-corrected chi connectivity index (χ1v) is 13.8. The van der Waals surface area contributed by atoms with Gasteiger partial charge >= 0.3 is 0 Å². The highest BCUT2D eigenvalue weighted by Crippen LogP contribution is 2.60. The fourth-order valence-corrected chi connectivity index (χ4v) is 7.08. The number of likely N-dealkylation sites (tertiary alicyclic amines) is 1. The van der Waals surface area contributed by atoms with Crippen molar-refractivity contribution in [2.24, 2.45) is 11.8 Å². The number of halogens is 2. The van der Waals surface area contributed by atoms with Gasteiger partial charge in [0.2, 0.25) is 17.7 Å². The Morgan fingerprint density at radius 1 is 1.11 bits per heavy atom. The van der Waals surface area contributed by atoms with Crippen molar-refractivity contribution in [2.75, 3.05) is 18.5 Å². The Kier molecular flexibility index (Phi) is 7.58. The van der Waals surface area contributed by atoms with E-state index in [0.717, 1.165) is 5.56 Å². The van der Waals surface area contributed by atoms with Gasteiger partial charge in [0.25, 0.3) is 0 Å². The quantitative estimate of drug-likeness (QED) is 0.307. The van der Waals surface area contributed by atoms with Crippen LogP contribution in [-0.4, -0.2) is 63.5 Å². The van der Waals surface area contributed by atoms with Gasteiger partial charge in [0, 0.05) is 35.2 Å². The van der Waals surface area contributed by atoms with Crippen LogP contribution in [0.4, 0.5) is 5.69 Å². The number of aliphatic hydroxyl groups is 1. The number of amides is 3. The number of anilines is 1. The minimum atomic E-state index is -1.12. The minimum Gasteiger partial charge on any atom is -0.396 e. The maximum atomic E-state index is 13.9. The Labute approximate surface area is 228 Å². The maximum Gasteiger partial charge on any atom is 0.250 e. The molecule has 3 amide bonds. The molecule has 1 spiro atoms. The smallest absolute Gasteiger partial charge is 0.250 e. The van der Waals surface area contributed by atoms with Crippen LogP contribution in [-0.2, 0) is 25.7 Å². The van der Waals surface area contributed by atoms with Crippen molar-refractivity contribution in [2.45, 2.75) is 48.4 Å². The van der Waals surface area contributed by atoms with Crippen LogP contribution in [0.1, 0.15) is 24.8 Å². The zero-order valence-corrected chi connectivity index (χ0v) is 22.5. The highest BCUT2D eigenvalue weighted by molar-refractivity contribution is 9.09. The number of fused-ring (bicyclic) bond motifs is 1. The maximum absolute atomic E-state index is 13.9. The standard InChI is InChI=1S/C27H29BrClN3O5/c28-19-14-27-21(20(22(19)37-27)24(34)30-15-16-6-2-1-3-7-16)26(36)32(12-4-5-13-33)23(27)25(35)31-18-10-8-17(29)9-11-18/h1-3,6-11,19-23,33H,4-5,12-15H2,(H,30,34)(H,31,35)/t19?,20-,21+,22-,23?,27?/m1/s1. The lowest BCUT2D eigenvalue weighted by Crippen LogP contribution is -2.54. The monoisotopic (exact) mass is 589 g/mol. The van der Waals surface area contributed by atoms with E-state index in [1.807, 2.05) is 30.3 Å². The number of ether oxygens (including phenoxy) is 1. The van der Waals surface area contributed by atoms with Gasteiger partial charge in [-0.15, -0.1) is 0 Å². The van der Waals surface area contributed by atoms with Crippen LogP contribution < -0.4 is 10.6 Å². The second-order valence-electron chi connectivity index (χ2n) is 9.83. The third kappa shape index (κ3) is 4.78. The Morgan fingerprint density at radius 3 is 2.54 bits per heavy atom. The van der Waals surface area contributed by atoms with Crippen molar-refractivity contribution in [3.05, 3.63) is 65.2 Å². The van der Waals surface area contributed by atoms with Crippen LogP contribution in [0.2, 0.25) is 5.02 Å². The molecule has 0 saturated carbocycles. The second kappa shape index (κ2) is 10.7. The molecule has 10 heteroatoms. The molecule has 2 aromatic carbocycles. The van der Waals surface area contributed by atoms with E-state index in [4.69, 9.17) is 16.3 Å². The number of alkyl halides is 1. The second-order valence-corrected chi connectivity index (χ2v) is 11.4. The molecule has 3 unspecified atom stereocenters. The molecule has 3 heterocycles. The summed E-state index contributed by atoms with van der Waals surface area (Å²) in [5, 5.41) is 15.7. The first-order chi connectivity index (χ1) is 17.9. The number of nitrogens with zero attached hydrogens (tertiary/aromatic N) is 1. The van der Waals surface area contributed by atoms with Gasteiger partial charge in [-0.3, -0.25) is 14.4 Å². The number of hydrogen-bond acceptors (Lipinski definition) is 5. The number of unbranched alkanes of at least 4 members (excludes halogenated alkanes) is 1. The van der Waals surface area contributed by atoms with E-state index in [1.165, 1.54) is 0 Å². The predicted octanol–water partition coefficient (Wildman–Crippen LogP) is 3.12. The van der Waals surface area contributed by atoms with Gasteiger partial charge in [-0.25, -0.2) is 0 Å². The summed E-state index contributed by atoms with van der Waals surface area (Å²) in [6, 6.07) is 15.4. The van der Waals surface area contributed by atoms with Crippen molar-refractivity contribution in [3.63, 3.8) is 0 Å². The Bertz CT molecular complexity index is 1170. The summed E-state index contributed by atoms with van der Waals surface area (Å²) < 4.78 is 6.48. The third-order valence-electron chi connectivity index (χ3n) is 7.57. The Balaban J connectivity index is 1.43. The summed E-state index contributed by atoms with van der Waals surface area (Å²) in [6.07, 6.45) is 0.946. The number of hydrogen-bond donors (Lipinski definition) is 3. The molecular weight excluding hydrogens is 562 g/mol. The summed E-state index contributed by atoms with van der Waals surface area (Å²) in [5.41, 5.74) is 0.381. The lowest BCUT2D eigenvalue weighted by Gasteiger charge is -2.34. The normalized spacial score (nSPS) is 29.9. The number of benzene rings is 2. The van der Waals surface area contributed by atoms with E-state index < -0.39 is 29.6 Å². The van der Waals surface area contributed by atoms with Gasteiger partial charge in [-0.2, -0.15) is 0 Å². The highest BCUT2D eigenvalue weighted by atomic mass is 79.9. The predicted molar refractivity (Wildman–Crippen MR) is 142 cm³/mol. The van der Waals surface area contributed by atoms with E-state index in [2.05, 4.69) is 26.6 Å². The van der Waals surface area contributed by atoms with Gasteiger partial charge in [0.1, 0.15) is 11.6 Å². The zero-order chi connectivity index (χ0) is 26.2. The summed E-state index contributed by atoms with van der Waals surface area (Å²) in [5.74, 6) is -2.36. The molecule has 3 fully saturated rings. The summed E-state index contributed by atoms with van der Waals surface area (Å²) in [7, 11) is 0. The number of rotatable bonds is 9. The van der Waals surface area contributed by atoms with E-state index >= 15 is 0 Å². The topological polar surface area (TPSA) is 108 Å². The fourth-order valence-electron chi connectivity index (χ4n) is 6.01. The molecule has 8 nitrogen and oxygen atoms in total. The van der Waals surface area contributed by atoms with E-state index in [9.17, 15) is 19.5 Å². The van der Waals surface area contributed by atoms with Gasteiger partial charge in [0.15, 0.2) is 0 Å². The third-order valence-corrected chi connectivity index (χ3v) is 8.67. The molecule has 0 aliphatic carbocycles. The number of carbonyl (C=O) groups is 3. The molecule has 3 aliphatic rings. The zero-order valence-electron chi connectivity index (χ0n) is 20.1. The number of nitrogens with one attached hydrogen (secondary N) is 2. The summed E-state index contributed by atoms with van der Waals surface area (Å²) in [4.78, 5) is 42.4. The highest BCUT2D eigenvalue weighted by Gasteiger charge is 2.76. The van der Waals surface area contributed by atoms with Crippen molar-refractivity contribution >= 4 is 50.9 Å². The van der Waals surface area contributed by atoms with Crippen LogP contribution in [0, 0.1) is 11.8 Å². The van der Waals surface area contributed by atoms with Crippen LogP contribution >= 0.6 is 27.5 Å². The van der Waals surface area contributed by atoms with Gasteiger partial charge in [-0.05, 0) is 49.1 Å². The average molecular weight is 591 g/mol. The molecule has 5 rings (SSSR count). The molecule has 0 aromatic heterocycles. The van der Waals surface area contributed by atoms with Gasteiger partial charge < -0.3 is 25.4 Å². The number of aliphatic hydroxyl groups excluding tert-OH is 1. The lowest BCUT2D eigenvalue weighted by molar-refractivity contribution is -0.140. The molecule has 3 aliphatic heterocycles. The van der Waals surface area contributed by atoms with Crippen LogP contribution in [0.25, 0.3) is 0 Å². The molecule has 2 aromatic rings. The summed E-state index contributed by atoms with van der Waals surface area (Å²) >= 11 is 9.66. The van der Waals surface area contributed by atoms with Crippen LogP contribution in [0.3, 0.4) is 0 Å². The van der Waals surface area contributed by atoms with Crippen molar-refractivity contribution in [1.82, 2.24) is 10.2 Å². The molecular formula is C27H29BrClN3O5. The lowest BCUT2D eigenvalue weighted by atomic mass is 9.70. The minimum absolute atomic E-state index is 0.00912. The molecule has 196 valence electrons. The van der Waals surface area contributed by atoms with Crippen molar-refractivity contribution in [1.29, 1.82) is 0 Å². The van der Waals surface area contributed by atoms with Crippen molar-refractivity contribution < 1.29 is 24.2 Å². The molecule has 3 saturated heterocycles. The van der Waals surface area contributed by atoms with E-state index in [1.54, 1.807) is 29.2 Å². The van der Waals surface area contributed by atoms with Gasteiger partial charge in [-0.1, -0.05) is 57.9 Å². The van der Waals surface area contributed by atoms with E-state index in [0.29, 0.717) is 36.5 Å². The Hall–Kier alpha value is -2.46. The first kappa shape index (κ1) is 26.2. The van der Waals surface area contributed by atoms with E-state index in [-0.39, 0.29) is 35.7 Å². The van der Waals surface area contributed by atoms with Crippen molar-refractivity contribution in [3.8, 4) is 0 Å². The molecule has 0 radical (unpaired) electrons. The molecule has 6 atom stereocenters. The average Bonchev–Trinajstić information content (AvgIpc) is 3.48. The molecule has 37 heavy (non-hydrogen) atoms. The molecule has 3 N–H and O–H groups in total. The van der Waals surface area contributed by atoms with Crippen LogP contribution in [0.15, 0.2) is 54.6 Å². The SMILES string of the molecule is O=C(Nc1ccc(Cl)cc1)C1N(CCCCO)C(=O)[C@@H]2[C@@H](C(=O)NCc3ccccc3)[C@@H]3OC12CC3Br. The fraction of sp³-hybridized carbons (Fsp3) is 0.444. The molecule has 2 bridgehead atoms. The van der Waals surface area contributed by atoms with Crippen LogP contribution in [0.5, 0.6) is 0 Å². The van der Waals surface area contributed by atoms with Gasteiger partial charge in [0.05, 0.1) is 17.9 Å². The summed E-state index contributed by atoms with van der Waals surface area (Å²) in [6.45, 7) is 0.616. The largest absolute Gasteiger partial charge is 0.396 e. The Morgan fingerprint density at radius 2 is 1.84 bits per heavy atom.